The van der Waals surface area contributed by atoms with Gasteiger partial charge in [-0.15, -0.1) is 0 Å². The van der Waals surface area contributed by atoms with Crippen molar-refractivity contribution in [2.45, 2.75) is 26.7 Å². The van der Waals surface area contributed by atoms with Crippen LogP contribution >= 0.6 is 0 Å². The van der Waals surface area contributed by atoms with Gasteiger partial charge in [0.1, 0.15) is 11.5 Å². The second-order valence-electron chi connectivity index (χ2n) is 8.06. The molecule has 0 N–H and O–H groups in total. The van der Waals surface area contributed by atoms with E-state index in [1.54, 1.807) is 38.9 Å². The summed E-state index contributed by atoms with van der Waals surface area (Å²) in [5.41, 5.74) is 1.80. The minimum Gasteiger partial charge on any atom is -0.317 e. The Balaban J connectivity index is 1.65. The van der Waals surface area contributed by atoms with Gasteiger partial charge in [0.25, 0.3) is 0 Å². The number of nitrogens with zero attached hydrogens (tertiary/aromatic N) is 4. The van der Waals surface area contributed by atoms with Gasteiger partial charge in [0.05, 0.1) is 23.9 Å². The van der Waals surface area contributed by atoms with E-state index >= 15 is 0 Å². The molecule has 3 aromatic rings. The number of amides is 2. The molecule has 2 aromatic carbocycles. The number of para-hydroxylation sites is 1. The molecule has 156 valence electrons. The molecule has 1 fully saturated rings. The summed E-state index contributed by atoms with van der Waals surface area (Å²) >= 11 is 0. The third-order valence-corrected chi connectivity index (χ3v) is 5.28. The van der Waals surface area contributed by atoms with Crippen LogP contribution in [0.1, 0.15) is 26.7 Å². The number of rotatable bonds is 6. The highest BCUT2D eigenvalue weighted by molar-refractivity contribution is 6.03. The zero-order chi connectivity index (χ0) is 21.3. The van der Waals surface area contributed by atoms with Gasteiger partial charge in [-0.1, -0.05) is 32.0 Å². The second kappa shape index (κ2) is 8.26. The molecule has 1 aliphatic rings. The molecule has 0 atom stereocenters. The van der Waals surface area contributed by atoms with E-state index < -0.39 is 0 Å². The van der Waals surface area contributed by atoms with E-state index in [1.807, 2.05) is 32.0 Å². The highest BCUT2D eigenvalue weighted by atomic mass is 19.1. The van der Waals surface area contributed by atoms with E-state index in [4.69, 9.17) is 0 Å². The Bertz CT molecular complexity index is 1090. The van der Waals surface area contributed by atoms with Gasteiger partial charge in [-0.25, -0.2) is 13.9 Å². The van der Waals surface area contributed by atoms with Crippen LogP contribution in [0, 0.1) is 11.7 Å². The van der Waals surface area contributed by atoms with Gasteiger partial charge in [-0.2, -0.15) is 5.10 Å². The molecule has 1 saturated heterocycles. The first-order chi connectivity index (χ1) is 14.5. The molecule has 1 aromatic heterocycles. The van der Waals surface area contributed by atoms with Crippen LogP contribution in [0.15, 0.2) is 48.7 Å². The predicted octanol–water partition coefficient (Wildman–Crippen LogP) is 4.41. The fraction of sp³-hybridized carbons (Fsp3) is 0.348. The number of carbonyl (C=O) groups excluding carboxylic acids is 2. The summed E-state index contributed by atoms with van der Waals surface area (Å²) < 4.78 is 15.8. The van der Waals surface area contributed by atoms with Crippen molar-refractivity contribution in [1.29, 1.82) is 0 Å². The fourth-order valence-electron chi connectivity index (χ4n) is 3.97. The molecule has 0 bridgehead atoms. The van der Waals surface area contributed by atoms with Gasteiger partial charge < -0.3 is 4.90 Å². The Morgan fingerprint density at radius 1 is 1.10 bits per heavy atom. The Hall–Kier alpha value is -3.22. The molecule has 6 nitrogen and oxygen atoms in total. The molecule has 1 aliphatic heterocycles. The molecule has 2 heterocycles. The maximum Gasteiger partial charge on any atom is 0.324 e. The minimum absolute atomic E-state index is 0.0748. The van der Waals surface area contributed by atoms with Crippen LogP contribution in [0.4, 0.5) is 14.9 Å². The van der Waals surface area contributed by atoms with Crippen molar-refractivity contribution in [3.8, 4) is 5.69 Å². The molecule has 0 saturated carbocycles. The number of ketones is 1. The Morgan fingerprint density at radius 3 is 2.63 bits per heavy atom. The van der Waals surface area contributed by atoms with Gasteiger partial charge in [0.2, 0.25) is 0 Å². The van der Waals surface area contributed by atoms with E-state index in [1.165, 1.54) is 6.07 Å². The third-order valence-electron chi connectivity index (χ3n) is 5.28. The average molecular weight is 408 g/mol. The molecule has 0 unspecified atom stereocenters. The van der Waals surface area contributed by atoms with Crippen LogP contribution in [-0.2, 0) is 4.79 Å². The highest BCUT2D eigenvalue weighted by Gasteiger charge is 2.29. The number of hydrogen-bond donors (Lipinski definition) is 0. The molecule has 0 aliphatic carbocycles. The van der Waals surface area contributed by atoms with Crippen LogP contribution in [0.5, 0.6) is 0 Å². The molecular weight excluding hydrogens is 383 g/mol. The number of benzene rings is 2. The standard InChI is InChI=1S/C23H25FN4O2/c1-16(2)13-17(29)15-26-11-6-12-27(23(26)30)20-9-5-10-21-18(20)14-25-28(21)22-8-4-3-7-19(22)24/h3-5,7-10,14,16H,6,11-13,15H2,1-2H3. The summed E-state index contributed by atoms with van der Waals surface area (Å²) in [7, 11) is 0. The predicted molar refractivity (Wildman–Crippen MR) is 114 cm³/mol. The second-order valence-corrected chi connectivity index (χ2v) is 8.06. The first-order valence-electron chi connectivity index (χ1n) is 10.3. The maximum atomic E-state index is 14.3. The minimum atomic E-state index is -0.364. The van der Waals surface area contributed by atoms with E-state index in [-0.39, 0.29) is 30.1 Å². The summed E-state index contributed by atoms with van der Waals surface area (Å²) in [6, 6.07) is 11.9. The van der Waals surface area contributed by atoms with E-state index in [0.717, 1.165) is 23.0 Å². The topological polar surface area (TPSA) is 58.4 Å². The Kier molecular flexibility index (Phi) is 5.53. The molecule has 7 heteroatoms. The number of hydrogen-bond acceptors (Lipinski definition) is 3. The van der Waals surface area contributed by atoms with Crippen molar-refractivity contribution < 1.29 is 14.0 Å². The molecule has 0 spiro atoms. The van der Waals surface area contributed by atoms with Crippen molar-refractivity contribution in [1.82, 2.24) is 14.7 Å². The van der Waals surface area contributed by atoms with Crippen molar-refractivity contribution in [2.75, 3.05) is 24.5 Å². The zero-order valence-corrected chi connectivity index (χ0v) is 17.2. The number of fused-ring (bicyclic) bond motifs is 1. The fourth-order valence-corrected chi connectivity index (χ4v) is 3.97. The summed E-state index contributed by atoms with van der Waals surface area (Å²) in [4.78, 5) is 28.7. The van der Waals surface area contributed by atoms with Crippen LogP contribution in [0.25, 0.3) is 16.6 Å². The van der Waals surface area contributed by atoms with Gasteiger partial charge in [-0.05, 0) is 36.6 Å². The number of urea groups is 1. The number of aromatic nitrogens is 2. The van der Waals surface area contributed by atoms with Crippen molar-refractivity contribution in [2.24, 2.45) is 5.92 Å². The summed E-state index contributed by atoms with van der Waals surface area (Å²) in [5.74, 6) is -0.0194. The summed E-state index contributed by atoms with van der Waals surface area (Å²) in [5, 5.41) is 5.15. The lowest BCUT2D eigenvalue weighted by Gasteiger charge is -2.35. The van der Waals surface area contributed by atoms with Crippen molar-refractivity contribution >= 4 is 28.4 Å². The Morgan fingerprint density at radius 2 is 1.87 bits per heavy atom. The number of Topliss-reactive ketones (excluding diaryl/α,β-unsaturated/α-hetero) is 1. The Labute approximate surface area is 174 Å². The van der Waals surface area contributed by atoms with E-state index in [0.29, 0.717) is 25.2 Å². The van der Waals surface area contributed by atoms with Crippen LogP contribution < -0.4 is 4.90 Å². The average Bonchev–Trinajstić information content (AvgIpc) is 3.13. The van der Waals surface area contributed by atoms with E-state index in [2.05, 4.69) is 5.10 Å². The van der Waals surface area contributed by atoms with Crippen molar-refractivity contribution in [3.63, 3.8) is 0 Å². The van der Waals surface area contributed by atoms with E-state index in [9.17, 15) is 14.0 Å². The lowest BCUT2D eigenvalue weighted by Crippen LogP contribution is -2.51. The molecular formula is C23H25FN4O2. The number of carbonyl (C=O) groups is 2. The van der Waals surface area contributed by atoms with Gasteiger partial charge in [-0.3, -0.25) is 9.69 Å². The summed E-state index contributed by atoms with van der Waals surface area (Å²) in [6.45, 7) is 5.27. The summed E-state index contributed by atoms with van der Waals surface area (Å²) in [6.07, 6.45) is 2.90. The molecule has 30 heavy (non-hydrogen) atoms. The van der Waals surface area contributed by atoms with Crippen LogP contribution in [-0.4, -0.2) is 46.1 Å². The molecule has 0 radical (unpaired) electrons. The quantitative estimate of drug-likeness (QED) is 0.607. The zero-order valence-electron chi connectivity index (χ0n) is 17.2. The number of halogens is 1. The molecule has 4 rings (SSSR count). The monoisotopic (exact) mass is 408 g/mol. The van der Waals surface area contributed by atoms with Crippen molar-refractivity contribution in [3.05, 3.63) is 54.5 Å². The smallest absolute Gasteiger partial charge is 0.317 e. The highest BCUT2D eigenvalue weighted by Crippen LogP contribution is 2.31. The van der Waals surface area contributed by atoms with Gasteiger partial charge in [0, 0.05) is 24.9 Å². The lowest BCUT2D eigenvalue weighted by molar-refractivity contribution is -0.120. The van der Waals surface area contributed by atoms with Gasteiger partial charge in [0.15, 0.2) is 5.78 Å². The number of anilines is 1. The first kappa shape index (κ1) is 20.1. The third kappa shape index (κ3) is 3.79. The molecule has 2 amide bonds. The normalized spacial score (nSPS) is 14.7. The first-order valence-corrected chi connectivity index (χ1v) is 10.3. The van der Waals surface area contributed by atoms with Crippen LogP contribution in [0.3, 0.4) is 0 Å². The lowest BCUT2D eigenvalue weighted by atomic mass is 10.1. The maximum absolute atomic E-state index is 14.3. The SMILES string of the molecule is CC(C)CC(=O)CN1CCCN(c2cccc3c2cnn3-c2ccccc2F)C1=O. The van der Waals surface area contributed by atoms with Crippen LogP contribution in [0.2, 0.25) is 0 Å². The van der Waals surface area contributed by atoms with Gasteiger partial charge >= 0.3 is 6.03 Å². The largest absolute Gasteiger partial charge is 0.324 e.